The molecule has 2 rings (SSSR count). The lowest BCUT2D eigenvalue weighted by Gasteiger charge is -2.33. The Morgan fingerprint density at radius 3 is 2.76 bits per heavy atom. The molecule has 0 bridgehead atoms. The van der Waals surface area contributed by atoms with Crippen molar-refractivity contribution in [1.29, 1.82) is 0 Å². The fourth-order valence-corrected chi connectivity index (χ4v) is 3.33. The summed E-state index contributed by atoms with van der Waals surface area (Å²) in [5.74, 6) is 0.895. The predicted molar refractivity (Wildman–Crippen MR) is 70.1 cm³/mol. The zero-order valence-corrected chi connectivity index (χ0v) is 11.3. The van der Waals surface area contributed by atoms with Gasteiger partial charge >= 0.3 is 0 Å². The average Bonchev–Trinajstić information content (AvgIpc) is 2.75. The maximum atomic E-state index is 12.0. The van der Waals surface area contributed by atoms with Crippen molar-refractivity contribution in [3.63, 3.8) is 0 Å². The number of carbonyl (C=O) groups excluding carboxylic acids is 1. The van der Waals surface area contributed by atoms with Crippen molar-refractivity contribution >= 4 is 5.78 Å². The highest BCUT2D eigenvalue weighted by Gasteiger charge is 2.36. The largest absolute Gasteiger partial charge is 0.308 e. The highest BCUT2D eigenvalue weighted by atomic mass is 16.1. The Morgan fingerprint density at radius 1 is 1.24 bits per heavy atom. The molecule has 3 heteroatoms. The number of likely N-dealkylation sites (tertiary alicyclic amines) is 1. The minimum atomic E-state index is 0.355. The van der Waals surface area contributed by atoms with Crippen LogP contribution in [0, 0.1) is 5.92 Å². The van der Waals surface area contributed by atoms with Gasteiger partial charge in [0.05, 0.1) is 0 Å². The number of rotatable bonds is 4. The summed E-state index contributed by atoms with van der Waals surface area (Å²) in [6.07, 6.45) is 6.88. The van der Waals surface area contributed by atoms with Crippen molar-refractivity contribution in [2.45, 2.75) is 44.6 Å². The Bertz CT molecular complexity index is 265. The summed E-state index contributed by atoms with van der Waals surface area (Å²) in [6.45, 7) is 3.43. The van der Waals surface area contributed by atoms with Gasteiger partial charge < -0.3 is 4.90 Å². The van der Waals surface area contributed by atoms with Crippen molar-refractivity contribution in [3.05, 3.63) is 0 Å². The van der Waals surface area contributed by atoms with Crippen LogP contribution in [0.1, 0.15) is 38.5 Å². The standard InChI is InChI=1S/C14H26N2O/c1-15(2)10-11-16-9-5-7-13(16)12-6-3-4-8-14(12)17/h12-13H,3-11H2,1-2H3. The maximum Gasteiger partial charge on any atom is 0.137 e. The van der Waals surface area contributed by atoms with Crippen LogP contribution in [-0.4, -0.2) is 55.4 Å². The molecule has 2 aliphatic rings. The van der Waals surface area contributed by atoms with Gasteiger partial charge in [-0.1, -0.05) is 6.42 Å². The first-order chi connectivity index (χ1) is 8.18. The van der Waals surface area contributed by atoms with E-state index < -0.39 is 0 Å². The van der Waals surface area contributed by atoms with Crippen LogP contribution >= 0.6 is 0 Å². The van der Waals surface area contributed by atoms with Gasteiger partial charge in [0, 0.05) is 31.5 Å². The Labute approximate surface area is 105 Å². The molecule has 17 heavy (non-hydrogen) atoms. The average molecular weight is 238 g/mol. The first kappa shape index (κ1) is 13.0. The highest BCUT2D eigenvalue weighted by molar-refractivity contribution is 5.82. The molecule has 2 fully saturated rings. The van der Waals surface area contributed by atoms with Crippen molar-refractivity contribution in [1.82, 2.24) is 9.80 Å². The smallest absolute Gasteiger partial charge is 0.137 e. The van der Waals surface area contributed by atoms with Gasteiger partial charge in [0.15, 0.2) is 0 Å². The topological polar surface area (TPSA) is 23.6 Å². The zero-order chi connectivity index (χ0) is 12.3. The summed E-state index contributed by atoms with van der Waals surface area (Å²) in [5.41, 5.74) is 0. The van der Waals surface area contributed by atoms with E-state index in [1.807, 2.05) is 0 Å². The van der Waals surface area contributed by atoms with Crippen LogP contribution in [0.2, 0.25) is 0 Å². The first-order valence-electron chi connectivity index (χ1n) is 7.10. The molecule has 0 spiro atoms. The second-order valence-corrected chi connectivity index (χ2v) is 5.87. The quantitative estimate of drug-likeness (QED) is 0.746. The Kier molecular flexibility index (Phi) is 4.57. The van der Waals surface area contributed by atoms with Crippen molar-refractivity contribution in [2.75, 3.05) is 33.7 Å². The molecule has 1 aliphatic carbocycles. The molecule has 3 nitrogen and oxygen atoms in total. The molecule has 1 saturated carbocycles. The van der Waals surface area contributed by atoms with Crippen molar-refractivity contribution in [3.8, 4) is 0 Å². The van der Waals surface area contributed by atoms with Crippen LogP contribution in [0.4, 0.5) is 0 Å². The Morgan fingerprint density at radius 2 is 2.06 bits per heavy atom. The molecule has 2 atom stereocenters. The highest BCUT2D eigenvalue weighted by Crippen LogP contribution is 2.32. The van der Waals surface area contributed by atoms with Gasteiger partial charge in [-0.05, 0) is 46.3 Å². The fourth-order valence-electron chi connectivity index (χ4n) is 3.33. The molecular formula is C14H26N2O. The number of nitrogens with zero attached hydrogens (tertiary/aromatic N) is 2. The molecule has 0 aromatic carbocycles. The van der Waals surface area contributed by atoms with Crippen LogP contribution < -0.4 is 0 Å². The molecule has 0 radical (unpaired) electrons. The summed E-state index contributed by atoms with van der Waals surface area (Å²) < 4.78 is 0. The first-order valence-corrected chi connectivity index (χ1v) is 7.10. The van der Waals surface area contributed by atoms with E-state index in [4.69, 9.17) is 0 Å². The molecule has 1 heterocycles. The number of Topliss-reactive ketones (excluding diaryl/α,β-unsaturated/α-hetero) is 1. The zero-order valence-electron chi connectivity index (χ0n) is 11.3. The van der Waals surface area contributed by atoms with Gasteiger partial charge in [0.2, 0.25) is 0 Å². The predicted octanol–water partition coefficient (Wildman–Crippen LogP) is 1.77. The van der Waals surface area contributed by atoms with Gasteiger partial charge in [-0.15, -0.1) is 0 Å². The summed E-state index contributed by atoms with van der Waals surface area (Å²) in [6, 6.07) is 0.558. The van der Waals surface area contributed by atoms with Crippen molar-refractivity contribution < 1.29 is 4.79 Å². The van der Waals surface area contributed by atoms with Gasteiger partial charge in [0.1, 0.15) is 5.78 Å². The van der Waals surface area contributed by atoms with E-state index in [1.54, 1.807) is 0 Å². The minimum Gasteiger partial charge on any atom is -0.308 e. The number of hydrogen-bond donors (Lipinski definition) is 0. The van der Waals surface area contributed by atoms with E-state index in [0.717, 1.165) is 32.4 Å². The van der Waals surface area contributed by atoms with E-state index in [-0.39, 0.29) is 0 Å². The van der Waals surface area contributed by atoms with E-state index in [1.165, 1.54) is 25.8 Å². The Hall–Kier alpha value is -0.410. The summed E-state index contributed by atoms with van der Waals surface area (Å²) >= 11 is 0. The second kappa shape index (κ2) is 5.96. The number of carbonyl (C=O) groups is 1. The van der Waals surface area contributed by atoms with Crippen LogP contribution in [0.3, 0.4) is 0 Å². The fraction of sp³-hybridized carbons (Fsp3) is 0.929. The lowest BCUT2D eigenvalue weighted by Crippen LogP contribution is -2.43. The van der Waals surface area contributed by atoms with Gasteiger partial charge in [-0.25, -0.2) is 0 Å². The molecule has 2 unspecified atom stereocenters. The normalized spacial score (nSPS) is 31.4. The third-order valence-corrected chi connectivity index (χ3v) is 4.31. The van der Waals surface area contributed by atoms with Gasteiger partial charge in [-0.2, -0.15) is 0 Å². The molecule has 98 valence electrons. The Balaban J connectivity index is 1.91. The molecule has 1 aliphatic heterocycles. The number of hydrogen-bond acceptors (Lipinski definition) is 3. The van der Waals surface area contributed by atoms with Crippen LogP contribution in [-0.2, 0) is 4.79 Å². The maximum absolute atomic E-state index is 12.0. The number of likely N-dealkylation sites (N-methyl/N-ethyl adjacent to an activating group) is 1. The molecule has 0 N–H and O–H groups in total. The van der Waals surface area contributed by atoms with Gasteiger partial charge in [-0.3, -0.25) is 9.69 Å². The summed E-state index contributed by atoms with van der Waals surface area (Å²) in [5, 5.41) is 0. The molecule has 1 saturated heterocycles. The molecule has 0 aromatic heterocycles. The third kappa shape index (κ3) is 3.29. The summed E-state index contributed by atoms with van der Waals surface area (Å²) in [4.78, 5) is 16.8. The molecule has 0 aromatic rings. The third-order valence-electron chi connectivity index (χ3n) is 4.31. The van der Waals surface area contributed by atoms with E-state index in [0.29, 0.717) is 17.7 Å². The lowest BCUT2D eigenvalue weighted by molar-refractivity contribution is -0.126. The van der Waals surface area contributed by atoms with E-state index >= 15 is 0 Å². The number of ketones is 1. The molecular weight excluding hydrogens is 212 g/mol. The van der Waals surface area contributed by atoms with Crippen LogP contribution in [0.5, 0.6) is 0 Å². The van der Waals surface area contributed by atoms with Crippen LogP contribution in [0.15, 0.2) is 0 Å². The van der Waals surface area contributed by atoms with E-state index in [2.05, 4.69) is 23.9 Å². The molecule has 0 amide bonds. The SMILES string of the molecule is CN(C)CCN1CCCC1C1CCCCC1=O. The lowest BCUT2D eigenvalue weighted by atomic mass is 9.82. The van der Waals surface area contributed by atoms with Crippen molar-refractivity contribution in [2.24, 2.45) is 5.92 Å². The minimum absolute atomic E-state index is 0.355. The van der Waals surface area contributed by atoms with E-state index in [9.17, 15) is 4.79 Å². The van der Waals surface area contributed by atoms with Gasteiger partial charge in [0.25, 0.3) is 0 Å². The second-order valence-electron chi connectivity index (χ2n) is 5.87. The summed E-state index contributed by atoms with van der Waals surface area (Å²) in [7, 11) is 4.24. The van der Waals surface area contributed by atoms with Crippen LogP contribution in [0.25, 0.3) is 0 Å². The monoisotopic (exact) mass is 238 g/mol.